The first-order chi connectivity index (χ1) is 8.05. The van der Waals surface area contributed by atoms with Crippen molar-refractivity contribution in [1.29, 1.82) is 0 Å². The van der Waals surface area contributed by atoms with Gasteiger partial charge in [-0.05, 0) is 19.8 Å². The molecule has 0 fully saturated rings. The summed E-state index contributed by atoms with van der Waals surface area (Å²) in [5.41, 5.74) is 0.876. The minimum Gasteiger partial charge on any atom is -0.239 e. The number of hydrogen-bond acceptors (Lipinski definition) is 2. The molecule has 1 aromatic rings. The van der Waals surface area contributed by atoms with Crippen molar-refractivity contribution in [3.8, 4) is 0 Å². The van der Waals surface area contributed by atoms with Crippen molar-refractivity contribution >= 4 is 0 Å². The third kappa shape index (κ3) is 3.24. The van der Waals surface area contributed by atoms with Gasteiger partial charge < -0.3 is 0 Å². The predicted molar refractivity (Wildman–Crippen MR) is 68.5 cm³/mol. The average molecular weight is 238 g/mol. The van der Waals surface area contributed by atoms with Crippen molar-refractivity contribution in [3.05, 3.63) is 23.5 Å². The van der Waals surface area contributed by atoms with E-state index in [1.807, 2.05) is 0 Å². The van der Waals surface area contributed by atoms with Crippen LogP contribution in [-0.2, 0) is 5.41 Å². The molecule has 0 aromatic carbocycles. The Labute approximate surface area is 104 Å². The molecule has 0 bridgehead atoms. The Morgan fingerprint density at radius 1 is 1.24 bits per heavy atom. The number of rotatable bonds is 6. The SMILES string of the molecule is CCCCCC(C)(CC)c1ncnc(C)c1F. The number of hydrogen-bond donors (Lipinski definition) is 0. The molecule has 2 nitrogen and oxygen atoms in total. The number of aryl methyl sites for hydroxylation is 1. The van der Waals surface area contributed by atoms with Crippen LogP contribution in [0.25, 0.3) is 0 Å². The molecule has 96 valence electrons. The first kappa shape index (κ1) is 14.1. The van der Waals surface area contributed by atoms with Gasteiger partial charge in [-0.1, -0.05) is 40.0 Å². The van der Waals surface area contributed by atoms with E-state index in [0.717, 1.165) is 19.3 Å². The number of unbranched alkanes of at least 4 members (excludes halogenated alkanes) is 2. The van der Waals surface area contributed by atoms with E-state index in [-0.39, 0.29) is 11.2 Å². The van der Waals surface area contributed by atoms with E-state index in [4.69, 9.17) is 0 Å². The lowest BCUT2D eigenvalue weighted by molar-refractivity contribution is 0.366. The van der Waals surface area contributed by atoms with Crippen LogP contribution in [0.1, 0.15) is 64.3 Å². The third-order valence-electron chi connectivity index (χ3n) is 3.65. The summed E-state index contributed by atoms with van der Waals surface area (Å²) < 4.78 is 14.1. The van der Waals surface area contributed by atoms with Crippen molar-refractivity contribution in [2.75, 3.05) is 0 Å². The number of nitrogens with zero attached hydrogens (tertiary/aromatic N) is 2. The first-order valence-electron chi connectivity index (χ1n) is 6.52. The van der Waals surface area contributed by atoms with Crippen LogP contribution in [0.5, 0.6) is 0 Å². The van der Waals surface area contributed by atoms with Gasteiger partial charge in [0.2, 0.25) is 0 Å². The van der Waals surface area contributed by atoms with Gasteiger partial charge in [0.05, 0.1) is 11.4 Å². The van der Waals surface area contributed by atoms with Gasteiger partial charge in [-0.15, -0.1) is 0 Å². The van der Waals surface area contributed by atoms with Gasteiger partial charge in [0.1, 0.15) is 6.33 Å². The lowest BCUT2D eigenvalue weighted by atomic mass is 9.78. The molecule has 0 aliphatic carbocycles. The molecule has 0 radical (unpaired) electrons. The lowest BCUT2D eigenvalue weighted by Crippen LogP contribution is -2.25. The zero-order chi connectivity index (χ0) is 12.9. The average Bonchev–Trinajstić information content (AvgIpc) is 2.33. The molecular weight excluding hydrogens is 215 g/mol. The second-order valence-corrected chi connectivity index (χ2v) is 4.99. The molecule has 1 aromatic heterocycles. The minimum absolute atomic E-state index is 0.160. The molecule has 0 spiro atoms. The topological polar surface area (TPSA) is 25.8 Å². The van der Waals surface area contributed by atoms with Crippen molar-refractivity contribution in [3.63, 3.8) is 0 Å². The van der Waals surface area contributed by atoms with Crippen molar-refractivity contribution in [2.24, 2.45) is 0 Å². The van der Waals surface area contributed by atoms with Crippen molar-refractivity contribution in [2.45, 2.75) is 65.2 Å². The summed E-state index contributed by atoms with van der Waals surface area (Å²) in [4.78, 5) is 8.07. The maximum Gasteiger partial charge on any atom is 0.166 e. The van der Waals surface area contributed by atoms with Crippen LogP contribution in [-0.4, -0.2) is 9.97 Å². The summed E-state index contributed by atoms with van der Waals surface area (Å²) >= 11 is 0. The first-order valence-corrected chi connectivity index (χ1v) is 6.52. The third-order valence-corrected chi connectivity index (χ3v) is 3.65. The van der Waals surface area contributed by atoms with E-state index in [2.05, 4.69) is 30.7 Å². The summed E-state index contributed by atoms with van der Waals surface area (Å²) in [6.07, 6.45) is 6.88. The van der Waals surface area contributed by atoms with Gasteiger partial charge in [0.15, 0.2) is 5.82 Å². The molecule has 17 heavy (non-hydrogen) atoms. The van der Waals surface area contributed by atoms with E-state index in [9.17, 15) is 4.39 Å². The second kappa shape index (κ2) is 6.08. The zero-order valence-electron chi connectivity index (χ0n) is 11.4. The molecule has 1 atom stereocenters. The van der Waals surface area contributed by atoms with Gasteiger partial charge in [-0.3, -0.25) is 0 Å². The summed E-state index contributed by atoms with van der Waals surface area (Å²) in [6, 6.07) is 0. The fraction of sp³-hybridized carbons (Fsp3) is 0.714. The van der Waals surface area contributed by atoms with E-state index in [0.29, 0.717) is 11.4 Å². The van der Waals surface area contributed by atoms with E-state index >= 15 is 0 Å². The molecule has 0 aliphatic rings. The standard InChI is InChI=1S/C14H23FN2/c1-5-7-8-9-14(4,6-2)13-12(15)11(3)16-10-17-13/h10H,5-9H2,1-4H3. The van der Waals surface area contributed by atoms with Gasteiger partial charge in [0, 0.05) is 5.41 Å². The quantitative estimate of drug-likeness (QED) is 0.695. The highest BCUT2D eigenvalue weighted by molar-refractivity contribution is 5.19. The Balaban J connectivity index is 2.95. The smallest absolute Gasteiger partial charge is 0.166 e. The number of halogens is 1. The molecule has 0 aliphatic heterocycles. The van der Waals surface area contributed by atoms with E-state index in [1.54, 1.807) is 6.92 Å². The fourth-order valence-electron chi connectivity index (χ4n) is 2.11. The van der Waals surface area contributed by atoms with Crippen LogP contribution in [0, 0.1) is 12.7 Å². The van der Waals surface area contributed by atoms with Gasteiger partial charge in [-0.2, -0.15) is 0 Å². The maximum atomic E-state index is 14.1. The van der Waals surface area contributed by atoms with Crippen LogP contribution in [0.3, 0.4) is 0 Å². The molecule has 3 heteroatoms. The molecule has 0 saturated heterocycles. The summed E-state index contributed by atoms with van der Waals surface area (Å²) in [5, 5.41) is 0. The predicted octanol–water partition coefficient (Wildman–Crippen LogP) is 4.17. The van der Waals surface area contributed by atoms with Crippen LogP contribution < -0.4 is 0 Å². The van der Waals surface area contributed by atoms with Crippen LogP contribution in [0.15, 0.2) is 6.33 Å². The minimum atomic E-state index is -0.228. The van der Waals surface area contributed by atoms with E-state index in [1.165, 1.54) is 19.2 Å². The molecule has 1 unspecified atom stereocenters. The second-order valence-electron chi connectivity index (χ2n) is 4.99. The highest BCUT2D eigenvalue weighted by Gasteiger charge is 2.29. The molecule has 0 N–H and O–H groups in total. The monoisotopic (exact) mass is 238 g/mol. The molecule has 1 rings (SSSR count). The largest absolute Gasteiger partial charge is 0.239 e. The van der Waals surface area contributed by atoms with Crippen molar-refractivity contribution in [1.82, 2.24) is 9.97 Å². The Hall–Kier alpha value is -0.990. The molecular formula is C14H23FN2. The summed E-state index contributed by atoms with van der Waals surface area (Å²) in [5.74, 6) is -0.228. The summed E-state index contributed by atoms with van der Waals surface area (Å²) in [7, 11) is 0. The molecule has 0 saturated carbocycles. The Bertz CT molecular complexity index is 365. The summed E-state index contributed by atoms with van der Waals surface area (Å²) in [6.45, 7) is 8.08. The van der Waals surface area contributed by atoms with Crippen molar-refractivity contribution < 1.29 is 4.39 Å². The fourth-order valence-corrected chi connectivity index (χ4v) is 2.11. The highest BCUT2D eigenvalue weighted by atomic mass is 19.1. The Morgan fingerprint density at radius 2 is 1.94 bits per heavy atom. The van der Waals surface area contributed by atoms with E-state index < -0.39 is 0 Å². The van der Waals surface area contributed by atoms with Gasteiger partial charge in [0.25, 0.3) is 0 Å². The zero-order valence-corrected chi connectivity index (χ0v) is 11.4. The molecule has 0 amide bonds. The van der Waals surface area contributed by atoms with Gasteiger partial charge >= 0.3 is 0 Å². The highest BCUT2D eigenvalue weighted by Crippen LogP contribution is 2.33. The van der Waals surface area contributed by atoms with Gasteiger partial charge in [-0.25, -0.2) is 14.4 Å². The Morgan fingerprint density at radius 3 is 2.53 bits per heavy atom. The number of aromatic nitrogens is 2. The van der Waals surface area contributed by atoms with Crippen LogP contribution in [0.4, 0.5) is 4.39 Å². The van der Waals surface area contributed by atoms with Crippen LogP contribution >= 0.6 is 0 Å². The maximum absolute atomic E-state index is 14.1. The lowest BCUT2D eigenvalue weighted by Gasteiger charge is -2.28. The van der Waals surface area contributed by atoms with Crippen LogP contribution in [0.2, 0.25) is 0 Å². The molecule has 1 heterocycles. The normalized spacial score (nSPS) is 14.6. The Kier molecular flexibility index (Phi) is 5.03.